The molecule has 2 aromatic rings. The van der Waals surface area contributed by atoms with Gasteiger partial charge >= 0.3 is 0 Å². The molecule has 0 saturated carbocycles. The summed E-state index contributed by atoms with van der Waals surface area (Å²) in [7, 11) is 0. The van der Waals surface area contributed by atoms with E-state index in [1.165, 1.54) is 16.8 Å². The zero-order chi connectivity index (χ0) is 13.6. The summed E-state index contributed by atoms with van der Waals surface area (Å²) >= 11 is 5.86. The van der Waals surface area contributed by atoms with Crippen molar-refractivity contribution in [3.8, 4) is 11.1 Å². The highest BCUT2D eigenvalue weighted by molar-refractivity contribution is 6.67. The monoisotopic (exact) mass is 277 g/mol. The molecule has 1 aromatic heterocycles. The van der Waals surface area contributed by atoms with Crippen molar-refractivity contribution in [3.63, 3.8) is 0 Å². The fraction of sp³-hybridized carbons (Fsp3) is 0.154. The Kier molecular flexibility index (Phi) is 2.71. The lowest BCUT2D eigenvalue weighted by Crippen LogP contribution is -2.18. The van der Waals surface area contributed by atoms with E-state index >= 15 is 0 Å². The van der Waals surface area contributed by atoms with E-state index < -0.39 is 0 Å². The Morgan fingerprint density at radius 2 is 2.00 bits per heavy atom. The fourth-order valence-electron chi connectivity index (χ4n) is 2.10. The zero-order valence-electron chi connectivity index (χ0n) is 10.0. The van der Waals surface area contributed by atoms with Gasteiger partial charge in [0.25, 0.3) is 5.91 Å². The second-order valence-electron chi connectivity index (χ2n) is 4.26. The van der Waals surface area contributed by atoms with Gasteiger partial charge in [0, 0.05) is 5.56 Å². The molecule has 0 bridgehead atoms. The fourth-order valence-corrected chi connectivity index (χ4v) is 2.30. The lowest BCUT2D eigenvalue weighted by Gasteiger charge is -2.09. The van der Waals surface area contributed by atoms with Crippen LogP contribution in [0, 0.1) is 12.7 Å². The van der Waals surface area contributed by atoms with Crippen LogP contribution in [0.15, 0.2) is 29.3 Å². The van der Waals surface area contributed by atoms with E-state index in [1.54, 1.807) is 19.1 Å². The number of aliphatic imine (C=N–C) groups is 1. The van der Waals surface area contributed by atoms with Gasteiger partial charge in [0.05, 0.1) is 12.1 Å². The van der Waals surface area contributed by atoms with Crippen molar-refractivity contribution >= 4 is 28.5 Å². The molecule has 0 atom stereocenters. The Morgan fingerprint density at radius 3 is 2.68 bits per heavy atom. The number of carbonyl (C=O) groups is 1. The lowest BCUT2D eigenvalue weighted by atomic mass is 10.1. The van der Waals surface area contributed by atoms with Crippen LogP contribution in [0.25, 0.3) is 11.1 Å². The quantitative estimate of drug-likeness (QED) is 0.803. The highest BCUT2D eigenvalue weighted by Gasteiger charge is 2.25. The SMILES string of the molecule is Cc1nn2c(c1-c1ccc(F)cc1)N=C(Cl)CC2=O. The first-order valence-electron chi connectivity index (χ1n) is 5.68. The third kappa shape index (κ3) is 1.96. The van der Waals surface area contributed by atoms with Gasteiger partial charge in [-0.3, -0.25) is 4.79 Å². The number of rotatable bonds is 1. The molecule has 0 unspecified atom stereocenters. The molecule has 96 valence electrons. The van der Waals surface area contributed by atoms with E-state index in [2.05, 4.69) is 10.1 Å². The predicted molar refractivity (Wildman–Crippen MR) is 70.5 cm³/mol. The number of aryl methyl sites for hydroxylation is 1. The van der Waals surface area contributed by atoms with Gasteiger partial charge in [-0.15, -0.1) is 0 Å². The third-order valence-corrected chi connectivity index (χ3v) is 3.15. The molecule has 0 saturated heterocycles. The van der Waals surface area contributed by atoms with Crippen molar-refractivity contribution in [1.82, 2.24) is 9.78 Å². The highest BCUT2D eigenvalue weighted by Crippen LogP contribution is 2.35. The molecule has 0 spiro atoms. The molecule has 0 N–H and O–H groups in total. The number of nitrogens with zero attached hydrogens (tertiary/aromatic N) is 3. The summed E-state index contributed by atoms with van der Waals surface area (Å²) in [6, 6.07) is 5.97. The number of carbonyl (C=O) groups excluding carboxylic acids is 1. The Labute approximate surface area is 113 Å². The van der Waals surface area contributed by atoms with Crippen LogP contribution < -0.4 is 0 Å². The molecular weight excluding hydrogens is 269 g/mol. The van der Waals surface area contributed by atoms with Crippen molar-refractivity contribution in [2.75, 3.05) is 0 Å². The van der Waals surface area contributed by atoms with E-state index in [1.807, 2.05) is 0 Å². The van der Waals surface area contributed by atoms with Crippen LogP contribution in [-0.2, 0) is 0 Å². The second kappa shape index (κ2) is 4.28. The summed E-state index contributed by atoms with van der Waals surface area (Å²) in [5, 5.41) is 4.41. The van der Waals surface area contributed by atoms with Crippen molar-refractivity contribution in [2.45, 2.75) is 13.3 Å². The Hall–Kier alpha value is -2.01. The number of halogens is 2. The van der Waals surface area contributed by atoms with Crippen LogP contribution in [-0.4, -0.2) is 20.9 Å². The maximum Gasteiger partial charge on any atom is 0.255 e. The first kappa shape index (κ1) is 12.0. The van der Waals surface area contributed by atoms with Crippen molar-refractivity contribution in [2.24, 2.45) is 4.99 Å². The Balaban J connectivity index is 2.24. The number of benzene rings is 1. The smallest absolute Gasteiger partial charge is 0.255 e. The van der Waals surface area contributed by atoms with Crippen molar-refractivity contribution in [1.29, 1.82) is 0 Å². The standard InChI is InChI=1S/C13H9ClFN3O/c1-7-12(8-2-4-9(15)5-3-8)13-16-10(14)6-11(19)18(13)17-7/h2-5H,6H2,1H3. The van der Waals surface area contributed by atoms with E-state index in [4.69, 9.17) is 11.6 Å². The zero-order valence-corrected chi connectivity index (χ0v) is 10.8. The summed E-state index contributed by atoms with van der Waals surface area (Å²) in [6.07, 6.45) is 0.0541. The molecular formula is C13H9ClFN3O. The van der Waals surface area contributed by atoms with Crippen LogP contribution in [0.1, 0.15) is 16.9 Å². The van der Waals surface area contributed by atoms with Gasteiger partial charge in [0.2, 0.25) is 0 Å². The summed E-state index contributed by atoms with van der Waals surface area (Å²) < 4.78 is 14.2. The van der Waals surface area contributed by atoms with Gasteiger partial charge in [-0.25, -0.2) is 9.38 Å². The molecule has 1 aromatic carbocycles. The number of aromatic nitrogens is 2. The first-order valence-corrected chi connectivity index (χ1v) is 6.06. The van der Waals surface area contributed by atoms with E-state index in [0.29, 0.717) is 17.1 Å². The van der Waals surface area contributed by atoms with Crippen LogP contribution >= 0.6 is 11.6 Å². The molecule has 4 nitrogen and oxygen atoms in total. The number of hydrogen-bond acceptors (Lipinski definition) is 3. The Morgan fingerprint density at radius 1 is 1.32 bits per heavy atom. The van der Waals surface area contributed by atoms with Crippen molar-refractivity contribution < 1.29 is 9.18 Å². The number of fused-ring (bicyclic) bond motifs is 1. The molecule has 0 fully saturated rings. The minimum atomic E-state index is -0.319. The molecule has 0 radical (unpaired) electrons. The molecule has 3 rings (SSSR count). The minimum absolute atomic E-state index is 0.0541. The van der Waals surface area contributed by atoms with Crippen LogP contribution in [0.5, 0.6) is 0 Å². The van der Waals surface area contributed by atoms with E-state index in [-0.39, 0.29) is 23.3 Å². The molecule has 0 aliphatic carbocycles. The molecule has 0 amide bonds. The highest BCUT2D eigenvalue weighted by atomic mass is 35.5. The van der Waals surface area contributed by atoms with Crippen molar-refractivity contribution in [3.05, 3.63) is 35.8 Å². The molecule has 19 heavy (non-hydrogen) atoms. The van der Waals surface area contributed by atoms with Gasteiger partial charge in [0.15, 0.2) is 5.82 Å². The summed E-state index contributed by atoms with van der Waals surface area (Å²) in [6.45, 7) is 1.78. The lowest BCUT2D eigenvalue weighted by molar-refractivity contribution is 0.0907. The topological polar surface area (TPSA) is 47.2 Å². The van der Waals surface area contributed by atoms with Crippen LogP contribution in [0.3, 0.4) is 0 Å². The van der Waals surface area contributed by atoms with Gasteiger partial charge in [0.1, 0.15) is 11.0 Å². The molecule has 6 heteroatoms. The van der Waals surface area contributed by atoms with Crippen LogP contribution in [0.4, 0.5) is 10.2 Å². The molecule has 2 heterocycles. The van der Waals surface area contributed by atoms with E-state index in [9.17, 15) is 9.18 Å². The molecule has 1 aliphatic rings. The van der Waals surface area contributed by atoms with Crippen LogP contribution in [0.2, 0.25) is 0 Å². The largest absolute Gasteiger partial charge is 0.272 e. The first-order chi connectivity index (χ1) is 9.06. The average Bonchev–Trinajstić information content (AvgIpc) is 2.67. The third-order valence-electron chi connectivity index (χ3n) is 2.93. The van der Waals surface area contributed by atoms with Gasteiger partial charge in [-0.2, -0.15) is 9.78 Å². The maximum absolute atomic E-state index is 13.0. The predicted octanol–water partition coefficient (Wildman–Crippen LogP) is 3.31. The molecule has 1 aliphatic heterocycles. The van der Waals surface area contributed by atoms with Gasteiger partial charge in [-0.1, -0.05) is 23.7 Å². The van der Waals surface area contributed by atoms with E-state index in [0.717, 1.165) is 5.56 Å². The van der Waals surface area contributed by atoms with Gasteiger partial charge in [-0.05, 0) is 24.6 Å². The second-order valence-corrected chi connectivity index (χ2v) is 4.70. The normalized spacial score (nSPS) is 14.3. The number of hydrogen-bond donors (Lipinski definition) is 0. The summed E-state index contributed by atoms with van der Waals surface area (Å²) in [5.74, 6) is -0.128. The van der Waals surface area contributed by atoms with Gasteiger partial charge < -0.3 is 0 Å². The Bertz CT molecular complexity index is 703. The summed E-state index contributed by atoms with van der Waals surface area (Å²) in [5.41, 5.74) is 2.11. The average molecular weight is 278 g/mol. The minimum Gasteiger partial charge on any atom is -0.272 e. The maximum atomic E-state index is 13.0. The summed E-state index contributed by atoms with van der Waals surface area (Å²) in [4.78, 5) is 16.0.